The number of hydrogen-bond acceptors (Lipinski definition) is 7. The minimum atomic E-state index is -0.679. The molecule has 38 heavy (non-hydrogen) atoms. The Labute approximate surface area is 219 Å². The first-order chi connectivity index (χ1) is 18.4. The zero-order valence-electron chi connectivity index (χ0n) is 21.0. The van der Waals surface area contributed by atoms with Gasteiger partial charge in [-0.15, -0.1) is 0 Å². The molecule has 2 saturated heterocycles. The van der Waals surface area contributed by atoms with E-state index in [1.807, 2.05) is 0 Å². The van der Waals surface area contributed by atoms with Crippen molar-refractivity contribution in [3.8, 4) is 17.3 Å². The Bertz CT molecular complexity index is 1530. The van der Waals surface area contributed by atoms with Gasteiger partial charge >= 0.3 is 6.01 Å². The lowest BCUT2D eigenvalue weighted by Gasteiger charge is -2.31. The van der Waals surface area contributed by atoms with Crippen LogP contribution < -0.4 is 10.1 Å². The highest BCUT2D eigenvalue weighted by Gasteiger charge is 2.45. The summed E-state index contributed by atoms with van der Waals surface area (Å²) in [5.74, 6) is -0.754. The minimum absolute atomic E-state index is 0.00360. The SMILES string of the molecule is C=C(O)CCNc1nc(OCC23CCCN2CCC3)nc2c(F)c(-c3cccc4cccc(F)c34)ncc12. The Morgan fingerprint density at radius 1 is 1.11 bits per heavy atom. The summed E-state index contributed by atoms with van der Waals surface area (Å²) in [5, 5.41) is 14.0. The lowest BCUT2D eigenvalue weighted by Crippen LogP contribution is -2.43. The first-order valence-electron chi connectivity index (χ1n) is 13.0. The summed E-state index contributed by atoms with van der Waals surface area (Å²) < 4.78 is 37.1. The van der Waals surface area contributed by atoms with Crippen LogP contribution in [0.1, 0.15) is 32.1 Å². The molecule has 9 heteroatoms. The Morgan fingerprint density at radius 2 is 1.87 bits per heavy atom. The number of hydrogen-bond donors (Lipinski definition) is 2. The standard InChI is InChI=1S/C29H29F2N5O2/c1-18(37)10-13-32-27-21-16-33-25(20-8-2-6-19-7-3-9-22(30)23(19)20)24(31)26(21)34-28(35-27)38-17-29-11-4-14-36(29)15-5-12-29/h2-3,6-9,16,37H,1,4-5,10-15,17H2,(H,32,34,35). The van der Waals surface area contributed by atoms with Crippen molar-refractivity contribution < 1.29 is 18.6 Å². The number of fused-ring (bicyclic) bond motifs is 3. The number of nitrogens with one attached hydrogen (secondary N) is 1. The largest absolute Gasteiger partial charge is 0.513 e. The molecule has 0 spiro atoms. The molecule has 0 radical (unpaired) electrons. The van der Waals surface area contributed by atoms with Crippen LogP contribution in [0.4, 0.5) is 14.6 Å². The fraction of sp³-hybridized carbons (Fsp3) is 0.345. The van der Waals surface area contributed by atoms with E-state index in [0.29, 0.717) is 47.1 Å². The molecule has 0 bridgehead atoms. The van der Waals surface area contributed by atoms with Crippen molar-refractivity contribution in [2.75, 3.05) is 31.6 Å². The predicted molar refractivity (Wildman–Crippen MR) is 143 cm³/mol. The predicted octanol–water partition coefficient (Wildman–Crippen LogP) is 6.00. The van der Waals surface area contributed by atoms with Crippen LogP contribution in [0.5, 0.6) is 6.01 Å². The molecule has 0 unspecified atom stereocenters. The molecular formula is C29H29F2N5O2. The topological polar surface area (TPSA) is 83.4 Å². The zero-order valence-corrected chi connectivity index (χ0v) is 21.0. The molecule has 0 atom stereocenters. The molecule has 2 fully saturated rings. The van der Waals surface area contributed by atoms with E-state index in [4.69, 9.17) is 4.74 Å². The number of rotatable bonds is 8. The van der Waals surface area contributed by atoms with Gasteiger partial charge in [-0.3, -0.25) is 9.88 Å². The molecule has 2 aliphatic heterocycles. The summed E-state index contributed by atoms with van der Waals surface area (Å²) in [4.78, 5) is 15.9. The molecule has 2 aromatic heterocycles. The van der Waals surface area contributed by atoms with Gasteiger partial charge < -0.3 is 15.2 Å². The molecule has 2 aliphatic rings. The zero-order chi connectivity index (χ0) is 26.3. The quantitative estimate of drug-likeness (QED) is 0.277. The highest BCUT2D eigenvalue weighted by atomic mass is 19.1. The normalized spacial score (nSPS) is 16.7. The fourth-order valence-corrected chi connectivity index (χ4v) is 5.90. The van der Waals surface area contributed by atoms with Gasteiger partial charge in [0.25, 0.3) is 0 Å². The highest BCUT2D eigenvalue weighted by molar-refractivity contribution is 5.99. The summed E-state index contributed by atoms with van der Waals surface area (Å²) in [6.45, 7) is 6.39. The van der Waals surface area contributed by atoms with E-state index < -0.39 is 11.6 Å². The van der Waals surface area contributed by atoms with Crippen molar-refractivity contribution in [1.82, 2.24) is 19.9 Å². The molecule has 2 aromatic carbocycles. The van der Waals surface area contributed by atoms with Crippen molar-refractivity contribution in [1.29, 1.82) is 0 Å². The smallest absolute Gasteiger partial charge is 0.319 e. The maximum absolute atomic E-state index is 16.2. The van der Waals surface area contributed by atoms with Gasteiger partial charge in [0.05, 0.1) is 16.7 Å². The van der Waals surface area contributed by atoms with Crippen LogP contribution >= 0.6 is 0 Å². The minimum Gasteiger partial charge on any atom is -0.513 e. The van der Waals surface area contributed by atoms with Crippen LogP contribution in [0, 0.1) is 11.6 Å². The molecule has 4 heterocycles. The molecular weight excluding hydrogens is 488 g/mol. The van der Waals surface area contributed by atoms with E-state index in [1.54, 1.807) is 30.3 Å². The second kappa shape index (κ2) is 9.79. The first-order valence-corrected chi connectivity index (χ1v) is 13.0. The summed E-state index contributed by atoms with van der Waals surface area (Å²) in [5.41, 5.74) is 0.358. The summed E-state index contributed by atoms with van der Waals surface area (Å²) in [7, 11) is 0. The van der Waals surface area contributed by atoms with Crippen molar-refractivity contribution in [2.24, 2.45) is 0 Å². The second-order valence-corrected chi connectivity index (χ2v) is 10.1. The number of halogens is 2. The van der Waals surface area contributed by atoms with Gasteiger partial charge in [-0.1, -0.05) is 36.9 Å². The number of benzene rings is 2. The van der Waals surface area contributed by atoms with E-state index in [2.05, 4.69) is 31.7 Å². The van der Waals surface area contributed by atoms with Crippen molar-refractivity contribution in [3.05, 3.63) is 66.6 Å². The lowest BCUT2D eigenvalue weighted by atomic mass is 9.95. The van der Waals surface area contributed by atoms with Gasteiger partial charge in [-0.25, -0.2) is 8.78 Å². The van der Waals surface area contributed by atoms with Crippen LogP contribution in [-0.4, -0.2) is 56.7 Å². The van der Waals surface area contributed by atoms with Gasteiger partial charge in [-0.05, 0) is 50.2 Å². The number of nitrogens with zero attached hydrogens (tertiary/aromatic N) is 4. The number of aromatic nitrogens is 3. The maximum Gasteiger partial charge on any atom is 0.319 e. The Hall–Kier alpha value is -3.85. The summed E-state index contributed by atoms with van der Waals surface area (Å²) in [6.07, 6.45) is 6.15. The number of aliphatic hydroxyl groups is 1. The fourth-order valence-electron chi connectivity index (χ4n) is 5.90. The molecule has 0 saturated carbocycles. The highest BCUT2D eigenvalue weighted by Crippen LogP contribution is 2.39. The van der Waals surface area contributed by atoms with Gasteiger partial charge in [0, 0.05) is 30.1 Å². The number of anilines is 1. The third-order valence-corrected chi connectivity index (χ3v) is 7.76. The number of aliphatic hydroxyl groups excluding tert-OH is 1. The monoisotopic (exact) mass is 517 g/mol. The van der Waals surface area contributed by atoms with Gasteiger partial charge in [0.1, 0.15) is 29.5 Å². The summed E-state index contributed by atoms with van der Waals surface area (Å²) >= 11 is 0. The van der Waals surface area contributed by atoms with Crippen molar-refractivity contribution in [2.45, 2.75) is 37.6 Å². The van der Waals surface area contributed by atoms with E-state index >= 15 is 4.39 Å². The van der Waals surface area contributed by atoms with Crippen LogP contribution in [0.25, 0.3) is 32.9 Å². The van der Waals surface area contributed by atoms with Gasteiger partial charge in [0.2, 0.25) is 0 Å². The Kier molecular flexibility index (Phi) is 6.31. The summed E-state index contributed by atoms with van der Waals surface area (Å²) in [6, 6.07) is 10.0. The Balaban J connectivity index is 1.43. The molecule has 0 aliphatic carbocycles. The Morgan fingerprint density at radius 3 is 2.63 bits per heavy atom. The third-order valence-electron chi connectivity index (χ3n) is 7.76. The van der Waals surface area contributed by atoms with Gasteiger partial charge in [-0.2, -0.15) is 9.97 Å². The number of ether oxygens (including phenoxy) is 1. The van der Waals surface area contributed by atoms with Gasteiger partial charge in [0.15, 0.2) is 5.82 Å². The third kappa shape index (κ3) is 4.30. The van der Waals surface area contributed by atoms with E-state index in [0.717, 1.165) is 38.8 Å². The average molecular weight is 518 g/mol. The molecule has 4 aromatic rings. The first kappa shape index (κ1) is 24.5. The molecule has 2 N–H and O–H groups in total. The van der Waals surface area contributed by atoms with Crippen LogP contribution in [0.3, 0.4) is 0 Å². The molecule has 7 nitrogen and oxygen atoms in total. The van der Waals surface area contributed by atoms with Crippen LogP contribution in [0.15, 0.2) is 54.9 Å². The maximum atomic E-state index is 16.2. The van der Waals surface area contributed by atoms with Crippen LogP contribution in [0.2, 0.25) is 0 Å². The lowest BCUT2D eigenvalue weighted by molar-refractivity contribution is 0.108. The van der Waals surface area contributed by atoms with E-state index in [9.17, 15) is 9.50 Å². The average Bonchev–Trinajstić information content (AvgIpc) is 3.48. The van der Waals surface area contributed by atoms with E-state index in [1.165, 1.54) is 12.3 Å². The van der Waals surface area contributed by atoms with E-state index in [-0.39, 0.29) is 28.5 Å². The second-order valence-electron chi connectivity index (χ2n) is 10.1. The van der Waals surface area contributed by atoms with Crippen molar-refractivity contribution in [3.63, 3.8) is 0 Å². The molecule has 196 valence electrons. The molecule has 0 amide bonds. The van der Waals surface area contributed by atoms with Crippen LogP contribution in [-0.2, 0) is 0 Å². The van der Waals surface area contributed by atoms with Crippen molar-refractivity contribution >= 4 is 27.5 Å². The number of pyridine rings is 1. The molecule has 6 rings (SSSR count).